The molecule has 0 saturated carbocycles. The number of rotatable bonds is 7. The zero-order valence-corrected chi connectivity index (χ0v) is 24.9. The van der Waals surface area contributed by atoms with E-state index in [1.165, 1.54) is 4.68 Å². The molecule has 3 heterocycles. The molecule has 0 bridgehead atoms. The minimum atomic E-state index is -0.260. The molecule has 9 nitrogen and oxygen atoms in total. The monoisotopic (exact) mass is 577 g/mol. The number of para-hydroxylation sites is 2. The third kappa shape index (κ3) is 5.44. The first-order valence-electron chi connectivity index (χ1n) is 14.5. The molecule has 0 radical (unpaired) electrons. The Labute approximate surface area is 250 Å². The zero-order valence-electron chi connectivity index (χ0n) is 24.9. The lowest BCUT2D eigenvalue weighted by Crippen LogP contribution is -2.42. The molecule has 1 fully saturated rings. The maximum absolute atomic E-state index is 13.9. The molecule has 220 valence electrons. The average molecular weight is 578 g/mol. The Morgan fingerprint density at radius 3 is 2.53 bits per heavy atom. The zero-order chi connectivity index (χ0) is 30.1. The number of benzene rings is 3. The number of aryl methyl sites for hydroxylation is 1. The molecule has 0 N–H and O–H groups in total. The van der Waals surface area contributed by atoms with Gasteiger partial charge in [-0.05, 0) is 54.3 Å². The molecule has 9 heteroatoms. The summed E-state index contributed by atoms with van der Waals surface area (Å²) < 4.78 is 14.4. The smallest absolute Gasteiger partial charge is 0.282 e. The number of ether oxygens (including phenoxy) is 2. The lowest BCUT2D eigenvalue weighted by molar-refractivity contribution is -0.135. The standard InChI is InChI=1S/C34H35N5O4/c1-22(2)27-18-28(23(3)17-31(27)42-4)33-36-29-11-7-5-10-26(29)34(41)39(33)35-19-24-20-38(30-12-8-6-9-25(24)30)21-32(40)37-13-15-43-16-14-37/h5-12,17-20,22H,13-16,21H2,1-4H3. The summed E-state index contributed by atoms with van der Waals surface area (Å²) in [7, 11) is 1.67. The molecular formula is C34H35N5O4. The Morgan fingerprint density at radius 2 is 1.79 bits per heavy atom. The fourth-order valence-electron chi connectivity index (χ4n) is 5.66. The number of amides is 1. The van der Waals surface area contributed by atoms with Crippen molar-refractivity contribution in [3.05, 3.63) is 93.9 Å². The molecule has 0 unspecified atom stereocenters. The number of carbonyl (C=O) groups is 1. The SMILES string of the molecule is COc1cc(C)c(-c2nc3ccccc3c(=O)n2N=Cc2cn(CC(=O)N3CCOCC3)c3ccccc23)cc1C(C)C. The first kappa shape index (κ1) is 28.4. The molecule has 0 spiro atoms. The fourth-order valence-corrected chi connectivity index (χ4v) is 5.66. The number of carbonyl (C=O) groups excluding carboxylic acids is 1. The van der Waals surface area contributed by atoms with E-state index in [0.717, 1.165) is 38.9 Å². The Bertz CT molecular complexity index is 1910. The van der Waals surface area contributed by atoms with Crippen LogP contribution in [0.4, 0.5) is 0 Å². The lowest BCUT2D eigenvalue weighted by Gasteiger charge is -2.27. The van der Waals surface area contributed by atoms with Crippen molar-refractivity contribution in [2.24, 2.45) is 5.10 Å². The lowest BCUT2D eigenvalue weighted by atomic mass is 9.96. The van der Waals surface area contributed by atoms with Gasteiger partial charge in [0.25, 0.3) is 5.56 Å². The third-order valence-electron chi connectivity index (χ3n) is 7.99. The van der Waals surface area contributed by atoms with Gasteiger partial charge in [-0.1, -0.05) is 44.2 Å². The van der Waals surface area contributed by atoms with E-state index in [0.29, 0.717) is 43.0 Å². The second-order valence-corrected chi connectivity index (χ2v) is 11.1. The number of hydrogen-bond donors (Lipinski definition) is 0. The van der Waals surface area contributed by atoms with E-state index in [2.05, 4.69) is 13.8 Å². The number of aromatic nitrogens is 3. The first-order valence-corrected chi connectivity index (χ1v) is 14.5. The normalized spacial score (nSPS) is 13.9. The molecule has 6 rings (SSSR count). The van der Waals surface area contributed by atoms with Crippen LogP contribution < -0.4 is 10.3 Å². The number of hydrogen-bond acceptors (Lipinski definition) is 6. The van der Waals surface area contributed by atoms with Gasteiger partial charge in [0.2, 0.25) is 5.91 Å². The Balaban J connectivity index is 1.47. The van der Waals surface area contributed by atoms with Gasteiger partial charge in [-0.2, -0.15) is 9.78 Å². The highest BCUT2D eigenvalue weighted by Crippen LogP contribution is 2.34. The predicted octanol–water partition coefficient (Wildman–Crippen LogP) is 5.20. The van der Waals surface area contributed by atoms with Crippen LogP contribution in [0.1, 0.15) is 36.5 Å². The summed E-state index contributed by atoms with van der Waals surface area (Å²) in [4.78, 5) is 33.8. The van der Waals surface area contributed by atoms with Crippen molar-refractivity contribution in [1.82, 2.24) is 19.1 Å². The topological polar surface area (TPSA) is 90.9 Å². The van der Waals surface area contributed by atoms with Crippen molar-refractivity contribution in [1.29, 1.82) is 0 Å². The highest BCUT2D eigenvalue weighted by Gasteiger charge is 2.20. The third-order valence-corrected chi connectivity index (χ3v) is 7.99. The highest BCUT2D eigenvalue weighted by atomic mass is 16.5. The molecule has 1 aliphatic heterocycles. The van der Waals surface area contributed by atoms with E-state index >= 15 is 0 Å². The van der Waals surface area contributed by atoms with Crippen molar-refractivity contribution in [3.63, 3.8) is 0 Å². The van der Waals surface area contributed by atoms with Crippen LogP contribution >= 0.6 is 0 Å². The Kier molecular flexibility index (Phi) is 7.82. The van der Waals surface area contributed by atoms with Gasteiger partial charge in [-0.25, -0.2) is 4.98 Å². The molecule has 1 saturated heterocycles. The van der Waals surface area contributed by atoms with Crippen LogP contribution in [0.25, 0.3) is 33.2 Å². The summed E-state index contributed by atoms with van der Waals surface area (Å²) >= 11 is 0. The molecule has 43 heavy (non-hydrogen) atoms. The quantitative estimate of drug-likeness (QED) is 0.248. The molecule has 5 aromatic rings. The van der Waals surface area contributed by atoms with Crippen LogP contribution in [-0.2, 0) is 16.1 Å². The van der Waals surface area contributed by atoms with Crippen LogP contribution in [-0.4, -0.2) is 64.7 Å². The second kappa shape index (κ2) is 11.9. The van der Waals surface area contributed by atoms with E-state index in [1.54, 1.807) is 19.4 Å². The van der Waals surface area contributed by atoms with Gasteiger partial charge in [-0.3, -0.25) is 9.59 Å². The number of methoxy groups -OCH3 is 1. The summed E-state index contributed by atoms with van der Waals surface area (Å²) in [5.74, 6) is 1.49. The van der Waals surface area contributed by atoms with Crippen LogP contribution in [0.2, 0.25) is 0 Å². The minimum Gasteiger partial charge on any atom is -0.496 e. The van der Waals surface area contributed by atoms with E-state index in [-0.39, 0.29) is 23.9 Å². The largest absolute Gasteiger partial charge is 0.496 e. The fraction of sp³-hybridized carbons (Fsp3) is 0.294. The minimum absolute atomic E-state index is 0.0423. The summed E-state index contributed by atoms with van der Waals surface area (Å²) in [5.41, 5.74) is 4.81. The van der Waals surface area contributed by atoms with Gasteiger partial charge < -0.3 is 18.9 Å². The van der Waals surface area contributed by atoms with Gasteiger partial charge in [0, 0.05) is 41.3 Å². The number of nitrogens with zero attached hydrogens (tertiary/aromatic N) is 5. The molecular weight excluding hydrogens is 542 g/mol. The Hall–Kier alpha value is -4.76. The second-order valence-electron chi connectivity index (χ2n) is 11.1. The number of morpholine rings is 1. The van der Waals surface area contributed by atoms with Gasteiger partial charge in [0.1, 0.15) is 12.3 Å². The van der Waals surface area contributed by atoms with Gasteiger partial charge in [0.15, 0.2) is 5.82 Å². The van der Waals surface area contributed by atoms with Gasteiger partial charge in [0.05, 0.1) is 37.4 Å². The highest BCUT2D eigenvalue weighted by molar-refractivity contribution is 6.00. The van der Waals surface area contributed by atoms with Crippen molar-refractivity contribution in [3.8, 4) is 17.1 Å². The Morgan fingerprint density at radius 1 is 1.07 bits per heavy atom. The summed E-state index contributed by atoms with van der Waals surface area (Å²) in [6.45, 7) is 8.70. The van der Waals surface area contributed by atoms with Crippen molar-refractivity contribution in [2.75, 3.05) is 33.4 Å². The first-order chi connectivity index (χ1) is 20.9. The summed E-state index contributed by atoms with van der Waals surface area (Å²) in [6.07, 6.45) is 3.60. The molecule has 0 aliphatic carbocycles. The van der Waals surface area contributed by atoms with Crippen LogP contribution in [0.15, 0.2) is 76.8 Å². The molecule has 1 aliphatic rings. The van der Waals surface area contributed by atoms with Crippen molar-refractivity contribution >= 4 is 33.9 Å². The maximum atomic E-state index is 13.9. The maximum Gasteiger partial charge on any atom is 0.282 e. The summed E-state index contributed by atoms with van der Waals surface area (Å²) in [6, 6.07) is 19.2. The van der Waals surface area contributed by atoms with Gasteiger partial charge in [-0.15, -0.1) is 0 Å². The van der Waals surface area contributed by atoms with E-state index in [9.17, 15) is 9.59 Å². The molecule has 2 aromatic heterocycles. The van der Waals surface area contributed by atoms with Crippen molar-refractivity contribution in [2.45, 2.75) is 33.2 Å². The van der Waals surface area contributed by atoms with E-state index in [4.69, 9.17) is 19.6 Å². The van der Waals surface area contributed by atoms with Crippen LogP contribution in [0.5, 0.6) is 5.75 Å². The van der Waals surface area contributed by atoms with Crippen LogP contribution in [0.3, 0.4) is 0 Å². The van der Waals surface area contributed by atoms with Crippen molar-refractivity contribution < 1.29 is 14.3 Å². The molecule has 1 amide bonds. The van der Waals surface area contributed by atoms with E-state index < -0.39 is 0 Å². The van der Waals surface area contributed by atoms with E-state index in [1.807, 2.05) is 77.2 Å². The number of fused-ring (bicyclic) bond motifs is 2. The molecule has 3 aromatic carbocycles. The molecule has 0 atom stereocenters. The average Bonchev–Trinajstić information content (AvgIpc) is 3.37. The summed E-state index contributed by atoms with van der Waals surface area (Å²) in [5, 5.41) is 6.17. The van der Waals surface area contributed by atoms with Gasteiger partial charge >= 0.3 is 0 Å². The van der Waals surface area contributed by atoms with Crippen LogP contribution in [0, 0.1) is 6.92 Å². The predicted molar refractivity (Wildman–Crippen MR) is 169 cm³/mol.